The fourth-order valence-electron chi connectivity index (χ4n) is 1.52. The quantitative estimate of drug-likeness (QED) is 0.820. The van der Waals surface area contributed by atoms with Crippen LogP contribution in [0, 0.1) is 18.6 Å². The molecule has 0 heterocycles. The largest absolute Gasteiger partial charge is 0.319 e. The Bertz CT molecular complexity index is 626. The summed E-state index contributed by atoms with van der Waals surface area (Å²) in [6, 6.07) is 8.70. The van der Waals surface area contributed by atoms with Gasteiger partial charge in [-0.15, -0.1) is 0 Å². The monoisotopic (exact) mass is 325 g/mol. The van der Waals surface area contributed by atoms with Crippen LogP contribution in [-0.2, 0) is 0 Å². The van der Waals surface area contributed by atoms with E-state index in [1.165, 1.54) is 0 Å². The molecule has 98 valence electrons. The van der Waals surface area contributed by atoms with Crippen molar-refractivity contribution in [3.8, 4) is 0 Å². The van der Waals surface area contributed by atoms with E-state index in [-0.39, 0.29) is 10.2 Å². The van der Waals surface area contributed by atoms with Crippen molar-refractivity contribution >= 4 is 27.5 Å². The first-order valence-corrected chi connectivity index (χ1v) is 6.29. The van der Waals surface area contributed by atoms with E-state index in [1.807, 2.05) is 6.92 Å². The van der Waals surface area contributed by atoms with E-state index >= 15 is 0 Å². The molecule has 0 radical (unpaired) electrons. The molecule has 0 aromatic heterocycles. The number of halogens is 3. The van der Waals surface area contributed by atoms with Gasteiger partial charge < -0.3 is 5.32 Å². The highest BCUT2D eigenvalue weighted by Gasteiger charge is 2.12. The minimum absolute atomic E-state index is 0.0123. The first-order chi connectivity index (χ1) is 8.97. The third kappa shape index (κ3) is 3.17. The number of hydrogen-bond acceptors (Lipinski definition) is 1. The maximum Gasteiger partial charge on any atom is 0.255 e. The van der Waals surface area contributed by atoms with Crippen molar-refractivity contribution in [2.75, 3.05) is 5.32 Å². The van der Waals surface area contributed by atoms with Crippen molar-refractivity contribution in [2.45, 2.75) is 6.92 Å². The van der Waals surface area contributed by atoms with Crippen LogP contribution in [0.4, 0.5) is 14.5 Å². The topological polar surface area (TPSA) is 29.1 Å². The molecule has 1 amide bonds. The smallest absolute Gasteiger partial charge is 0.255 e. The molecule has 5 heteroatoms. The maximum absolute atomic E-state index is 13.6. The second-order valence-corrected chi connectivity index (χ2v) is 4.92. The lowest BCUT2D eigenvalue weighted by Gasteiger charge is -2.07. The number of hydrogen-bond donors (Lipinski definition) is 1. The molecule has 0 saturated carbocycles. The summed E-state index contributed by atoms with van der Waals surface area (Å²) in [5.41, 5.74) is 1.21. The van der Waals surface area contributed by atoms with Gasteiger partial charge in [0, 0.05) is 11.6 Å². The number of benzene rings is 2. The second kappa shape index (κ2) is 5.48. The zero-order valence-corrected chi connectivity index (χ0v) is 11.6. The van der Waals surface area contributed by atoms with Crippen molar-refractivity contribution in [3.05, 3.63) is 63.6 Å². The van der Waals surface area contributed by atoms with Gasteiger partial charge in [0.15, 0.2) is 0 Å². The predicted molar refractivity (Wildman–Crippen MR) is 73.2 cm³/mol. The van der Waals surface area contributed by atoms with Gasteiger partial charge in [-0.25, -0.2) is 8.78 Å². The molecule has 0 saturated heterocycles. The van der Waals surface area contributed by atoms with Crippen molar-refractivity contribution in [2.24, 2.45) is 0 Å². The molecule has 0 aliphatic heterocycles. The molecule has 2 nitrogen and oxygen atoms in total. The lowest BCUT2D eigenvalue weighted by Crippen LogP contribution is -2.13. The molecule has 2 rings (SSSR count). The highest BCUT2D eigenvalue weighted by atomic mass is 79.9. The van der Waals surface area contributed by atoms with Crippen LogP contribution in [0.2, 0.25) is 0 Å². The maximum atomic E-state index is 13.6. The highest BCUT2D eigenvalue weighted by Crippen LogP contribution is 2.23. The summed E-state index contributed by atoms with van der Waals surface area (Å²) in [4.78, 5) is 11.9. The Morgan fingerprint density at radius 1 is 1.11 bits per heavy atom. The molecule has 0 bridgehead atoms. The van der Waals surface area contributed by atoms with Gasteiger partial charge in [-0.1, -0.05) is 17.7 Å². The van der Waals surface area contributed by atoms with Gasteiger partial charge in [-0.3, -0.25) is 4.79 Å². The Morgan fingerprint density at radius 3 is 2.37 bits per heavy atom. The predicted octanol–water partition coefficient (Wildman–Crippen LogP) is 4.29. The Labute approximate surface area is 117 Å². The van der Waals surface area contributed by atoms with Crippen LogP contribution in [0.25, 0.3) is 0 Å². The van der Waals surface area contributed by atoms with Crippen molar-refractivity contribution in [1.29, 1.82) is 0 Å². The molecule has 1 N–H and O–H groups in total. The third-order valence-electron chi connectivity index (χ3n) is 2.57. The highest BCUT2D eigenvalue weighted by molar-refractivity contribution is 9.10. The molecule has 0 fully saturated rings. The number of carbonyl (C=O) groups is 1. The van der Waals surface area contributed by atoms with Crippen LogP contribution in [0.15, 0.2) is 40.9 Å². The van der Waals surface area contributed by atoms with Crippen molar-refractivity contribution in [1.82, 2.24) is 0 Å². The van der Waals surface area contributed by atoms with E-state index in [1.54, 1.807) is 24.3 Å². The van der Waals surface area contributed by atoms with Crippen LogP contribution in [0.1, 0.15) is 15.9 Å². The summed E-state index contributed by atoms with van der Waals surface area (Å²) in [5, 5.41) is 2.34. The van der Waals surface area contributed by atoms with Gasteiger partial charge in [0.05, 0.1) is 10.2 Å². The summed E-state index contributed by atoms with van der Waals surface area (Å²) >= 11 is 2.87. The molecule has 0 unspecified atom stereocenters. The number of anilines is 1. The summed E-state index contributed by atoms with van der Waals surface area (Å²) < 4.78 is 26.9. The fraction of sp³-hybridized carbons (Fsp3) is 0.0714. The van der Waals surface area contributed by atoms with Gasteiger partial charge in [-0.05, 0) is 41.1 Å². The summed E-state index contributed by atoms with van der Waals surface area (Å²) in [5.74, 6) is -1.82. The average Bonchev–Trinajstić information content (AvgIpc) is 2.36. The van der Waals surface area contributed by atoms with Crippen LogP contribution in [-0.4, -0.2) is 5.91 Å². The van der Waals surface area contributed by atoms with Gasteiger partial charge in [0.2, 0.25) is 0 Å². The Morgan fingerprint density at radius 2 is 1.74 bits per heavy atom. The van der Waals surface area contributed by atoms with Crippen LogP contribution < -0.4 is 5.32 Å². The number of aryl methyl sites for hydroxylation is 1. The van der Waals surface area contributed by atoms with E-state index < -0.39 is 17.5 Å². The van der Waals surface area contributed by atoms with E-state index in [9.17, 15) is 13.6 Å². The number of carbonyl (C=O) groups excluding carboxylic acids is 1. The van der Waals surface area contributed by atoms with Crippen LogP contribution in [0.3, 0.4) is 0 Å². The third-order valence-corrected chi connectivity index (χ3v) is 3.18. The molecular weight excluding hydrogens is 316 g/mol. The Kier molecular flexibility index (Phi) is 3.95. The van der Waals surface area contributed by atoms with E-state index in [4.69, 9.17) is 0 Å². The molecular formula is C14H10BrF2NO. The Hall–Kier alpha value is -1.75. The van der Waals surface area contributed by atoms with Gasteiger partial charge >= 0.3 is 0 Å². The lowest BCUT2D eigenvalue weighted by atomic mass is 10.1. The first-order valence-electron chi connectivity index (χ1n) is 5.50. The van der Waals surface area contributed by atoms with Crippen LogP contribution in [0.5, 0.6) is 0 Å². The normalized spacial score (nSPS) is 10.3. The molecule has 2 aromatic carbocycles. The number of rotatable bonds is 2. The van der Waals surface area contributed by atoms with Crippen molar-refractivity contribution in [3.63, 3.8) is 0 Å². The standard InChI is InChI=1S/C14H10BrF2NO/c1-8-2-4-9(5-3-8)14(19)18-13-7-11(16)10(15)6-12(13)17/h2-7H,1H3,(H,18,19). The second-order valence-electron chi connectivity index (χ2n) is 4.07. The summed E-state index contributed by atoms with van der Waals surface area (Å²) in [6.07, 6.45) is 0. The molecule has 19 heavy (non-hydrogen) atoms. The average molecular weight is 326 g/mol. The zero-order chi connectivity index (χ0) is 14.0. The zero-order valence-electron chi connectivity index (χ0n) is 10.0. The molecule has 0 atom stereocenters. The summed E-state index contributed by atoms with van der Waals surface area (Å²) in [6.45, 7) is 1.89. The van der Waals surface area contributed by atoms with Crippen LogP contribution >= 0.6 is 15.9 Å². The Balaban J connectivity index is 2.24. The van der Waals surface area contributed by atoms with E-state index in [0.29, 0.717) is 5.56 Å². The minimum atomic E-state index is -0.700. The minimum Gasteiger partial charge on any atom is -0.319 e. The fourth-order valence-corrected chi connectivity index (χ4v) is 1.83. The SMILES string of the molecule is Cc1ccc(C(=O)Nc2cc(F)c(Br)cc2F)cc1. The number of nitrogens with one attached hydrogen (secondary N) is 1. The van der Waals surface area contributed by atoms with Gasteiger partial charge in [-0.2, -0.15) is 0 Å². The van der Waals surface area contributed by atoms with E-state index in [0.717, 1.165) is 17.7 Å². The number of amides is 1. The van der Waals surface area contributed by atoms with Crippen molar-refractivity contribution < 1.29 is 13.6 Å². The molecule has 0 aliphatic rings. The molecule has 2 aromatic rings. The first kappa shape index (κ1) is 13.7. The van der Waals surface area contributed by atoms with Gasteiger partial charge in [0.1, 0.15) is 11.6 Å². The summed E-state index contributed by atoms with van der Waals surface area (Å²) in [7, 11) is 0. The van der Waals surface area contributed by atoms with Gasteiger partial charge in [0.25, 0.3) is 5.91 Å². The molecule has 0 aliphatic carbocycles. The lowest BCUT2D eigenvalue weighted by molar-refractivity contribution is 0.102. The van der Waals surface area contributed by atoms with E-state index in [2.05, 4.69) is 21.2 Å². The molecule has 0 spiro atoms.